The van der Waals surface area contributed by atoms with Gasteiger partial charge >= 0.3 is 51.4 Å². The first-order chi connectivity index (χ1) is 13.3. The second-order valence-electron chi connectivity index (χ2n) is 7.94. The van der Waals surface area contributed by atoms with E-state index in [0.717, 1.165) is 11.4 Å². The average Bonchev–Trinajstić information content (AvgIpc) is 2.68. The molecular weight excluding hydrogens is 379 g/mol. The van der Waals surface area contributed by atoms with E-state index in [1.807, 2.05) is 13.8 Å². The maximum Gasteiger partial charge on any atom is 1.00 e. The third-order valence-corrected chi connectivity index (χ3v) is 5.46. The van der Waals surface area contributed by atoms with E-state index < -0.39 is 0 Å². The Morgan fingerprint density at radius 1 is 0.828 bits per heavy atom. The summed E-state index contributed by atoms with van der Waals surface area (Å²) in [6, 6.07) is 12.7. The number of hydrogen-bond donors (Lipinski definition) is 0. The fourth-order valence-electron chi connectivity index (χ4n) is 3.37. The van der Waals surface area contributed by atoms with Crippen LogP contribution in [0.2, 0.25) is 0 Å². The van der Waals surface area contributed by atoms with E-state index in [4.69, 9.17) is 5.32 Å². The molecule has 2 aromatic carbocycles. The number of nitrogens with zero attached hydrogens (tertiary/aromatic N) is 2. The first-order valence-electron chi connectivity index (χ1n) is 10.8. The fraction of sp³-hybridized carbons (Fsp3) is 0.500. The summed E-state index contributed by atoms with van der Waals surface area (Å²) >= 11 is 0. The Morgan fingerprint density at radius 3 is 1.55 bits per heavy atom. The van der Waals surface area contributed by atoms with Crippen LogP contribution in [0.3, 0.4) is 0 Å². The minimum Gasteiger partial charge on any atom is -0.657 e. The van der Waals surface area contributed by atoms with Gasteiger partial charge in [0.2, 0.25) is 0 Å². The number of likely N-dealkylation sites (tertiary alicyclic amines) is 1. The summed E-state index contributed by atoms with van der Waals surface area (Å²) in [6.45, 7) is 18.7. The molecule has 1 saturated heterocycles. The van der Waals surface area contributed by atoms with Crippen molar-refractivity contribution in [3.8, 4) is 0 Å². The Balaban J connectivity index is 0.000000556. The Kier molecular flexibility index (Phi) is 14.7. The Morgan fingerprint density at radius 2 is 1.24 bits per heavy atom. The second kappa shape index (κ2) is 14.8. The third kappa shape index (κ3) is 10.1. The molecule has 1 aliphatic rings. The summed E-state index contributed by atoms with van der Waals surface area (Å²) in [7, 11) is 2.35. The van der Waals surface area contributed by atoms with Crippen molar-refractivity contribution in [3.63, 3.8) is 0 Å². The van der Waals surface area contributed by atoms with E-state index in [1.165, 1.54) is 59.2 Å². The predicted octanol–water partition coefficient (Wildman–Crippen LogP) is 4.74. The van der Waals surface area contributed by atoms with E-state index in [-0.39, 0.29) is 51.4 Å². The molecule has 0 bridgehead atoms. The van der Waals surface area contributed by atoms with Gasteiger partial charge in [0.15, 0.2) is 0 Å². The standard InChI is InChI=1S/C16H18N.C8H17N.C2H6.K/c1-11-5-7-15(13(3)9-11)17-16-8-6-12(2)10-14(16)4;1-3-9(2)7-5-4-6-8-9;1-2;/h5-10H,1-4H3;4H,3,5-8H2,1-2H3;1-2H3;/q-1;;;+1. The smallest absolute Gasteiger partial charge is 0.657 e. The fourth-order valence-corrected chi connectivity index (χ4v) is 3.37. The normalized spacial score (nSPS) is 14.3. The third-order valence-electron chi connectivity index (χ3n) is 5.46. The minimum atomic E-state index is 0. The van der Waals surface area contributed by atoms with Crippen molar-refractivity contribution in [2.75, 3.05) is 26.7 Å². The molecule has 3 heteroatoms. The largest absolute Gasteiger partial charge is 1.00 e. The number of rotatable bonds is 3. The van der Waals surface area contributed by atoms with E-state index >= 15 is 0 Å². The molecule has 0 amide bonds. The molecule has 2 nitrogen and oxygen atoms in total. The first-order valence-corrected chi connectivity index (χ1v) is 10.8. The zero-order chi connectivity index (χ0) is 21.2. The number of hydrogen-bond acceptors (Lipinski definition) is 0. The molecule has 0 radical (unpaired) electrons. The van der Waals surface area contributed by atoms with Gasteiger partial charge in [-0.15, -0.1) is 24.2 Å². The van der Waals surface area contributed by atoms with Crippen molar-refractivity contribution in [1.29, 1.82) is 0 Å². The molecule has 2 aromatic rings. The zero-order valence-electron chi connectivity index (χ0n) is 20.5. The maximum atomic E-state index is 4.72. The van der Waals surface area contributed by atoms with E-state index in [1.54, 1.807) is 0 Å². The van der Waals surface area contributed by atoms with Crippen molar-refractivity contribution < 1.29 is 55.9 Å². The summed E-state index contributed by atoms with van der Waals surface area (Å²) < 4.78 is 1.29. The Hall–Kier alpha value is -0.164. The van der Waals surface area contributed by atoms with Gasteiger partial charge in [-0.1, -0.05) is 72.5 Å². The minimum absolute atomic E-state index is 0. The number of piperidine rings is 1. The molecule has 0 N–H and O–H groups in total. The van der Waals surface area contributed by atoms with Crippen molar-refractivity contribution in [3.05, 3.63) is 70.4 Å². The molecule has 0 unspecified atom stereocenters. The van der Waals surface area contributed by atoms with Crippen molar-refractivity contribution in [1.82, 2.24) is 0 Å². The van der Waals surface area contributed by atoms with Gasteiger partial charge in [0.25, 0.3) is 0 Å². The van der Waals surface area contributed by atoms with Crippen LogP contribution < -0.4 is 51.4 Å². The van der Waals surface area contributed by atoms with E-state index in [2.05, 4.69) is 84.5 Å². The summed E-state index contributed by atoms with van der Waals surface area (Å²) in [6.07, 6.45) is 5.06. The van der Waals surface area contributed by atoms with Gasteiger partial charge in [0, 0.05) is 0 Å². The molecule has 0 aromatic heterocycles. The van der Waals surface area contributed by atoms with Gasteiger partial charge in [-0.05, 0) is 34.6 Å². The topological polar surface area (TPSA) is 14.1 Å². The van der Waals surface area contributed by atoms with Gasteiger partial charge in [-0.3, -0.25) is 0 Å². The molecule has 0 spiro atoms. The van der Waals surface area contributed by atoms with Crippen molar-refractivity contribution in [2.24, 2.45) is 0 Å². The SMILES string of the molecule is CC.CC[N+]1(C)CC[CH-]CC1.Cc1ccc([N-]c2ccc(C)cc2C)c(C)c1.[K+]. The molecule has 1 aliphatic heterocycles. The molecule has 156 valence electrons. The molecule has 0 saturated carbocycles. The number of aryl methyl sites for hydroxylation is 4. The molecule has 3 rings (SSSR count). The number of benzene rings is 2. The van der Waals surface area contributed by atoms with Gasteiger partial charge in [0.1, 0.15) is 0 Å². The zero-order valence-corrected chi connectivity index (χ0v) is 23.6. The Bertz CT molecular complexity index is 669. The summed E-state index contributed by atoms with van der Waals surface area (Å²) in [5.41, 5.74) is 7.13. The molecule has 1 heterocycles. The van der Waals surface area contributed by atoms with Gasteiger partial charge in [-0.2, -0.15) is 0 Å². The van der Waals surface area contributed by atoms with Crippen molar-refractivity contribution in [2.45, 2.75) is 61.3 Å². The predicted molar refractivity (Wildman–Crippen MR) is 126 cm³/mol. The first kappa shape index (κ1) is 28.8. The van der Waals surface area contributed by atoms with Crippen LogP contribution in [0.4, 0.5) is 11.4 Å². The molecule has 29 heavy (non-hydrogen) atoms. The molecule has 0 aliphatic carbocycles. The Labute approximate surface area is 223 Å². The second-order valence-corrected chi connectivity index (χ2v) is 7.94. The van der Waals surface area contributed by atoms with Crippen LogP contribution in [0.25, 0.3) is 5.32 Å². The van der Waals surface area contributed by atoms with Crippen LogP contribution in [-0.2, 0) is 0 Å². The molecule has 0 atom stereocenters. The molecular formula is C26H41KN2. The quantitative estimate of drug-likeness (QED) is 0.387. The van der Waals surface area contributed by atoms with Gasteiger partial charge in [0.05, 0.1) is 26.7 Å². The maximum absolute atomic E-state index is 4.72. The summed E-state index contributed by atoms with van der Waals surface area (Å²) in [5, 5.41) is 4.72. The van der Waals surface area contributed by atoms with E-state index in [0.29, 0.717) is 0 Å². The van der Waals surface area contributed by atoms with Crippen LogP contribution in [-0.4, -0.2) is 31.2 Å². The van der Waals surface area contributed by atoms with Crippen LogP contribution in [0.15, 0.2) is 36.4 Å². The van der Waals surface area contributed by atoms with Crippen molar-refractivity contribution >= 4 is 11.4 Å². The van der Waals surface area contributed by atoms with Gasteiger partial charge < -0.3 is 16.2 Å². The summed E-state index contributed by atoms with van der Waals surface area (Å²) in [5.74, 6) is 0. The van der Waals surface area contributed by atoms with Gasteiger partial charge in [-0.25, -0.2) is 0 Å². The van der Waals surface area contributed by atoms with Crippen LogP contribution in [0, 0.1) is 34.1 Å². The van der Waals surface area contributed by atoms with Crippen LogP contribution in [0.5, 0.6) is 0 Å². The number of quaternary nitrogens is 1. The monoisotopic (exact) mass is 420 g/mol. The molecule has 1 fully saturated rings. The van der Waals surface area contributed by atoms with Crippen LogP contribution >= 0.6 is 0 Å². The average molecular weight is 421 g/mol. The van der Waals surface area contributed by atoms with E-state index in [9.17, 15) is 0 Å². The summed E-state index contributed by atoms with van der Waals surface area (Å²) in [4.78, 5) is 0. The van der Waals surface area contributed by atoms with Crippen LogP contribution in [0.1, 0.15) is 55.9 Å².